The van der Waals surface area contributed by atoms with Crippen molar-refractivity contribution in [3.63, 3.8) is 0 Å². The van der Waals surface area contributed by atoms with Gasteiger partial charge in [-0.05, 0) is 24.1 Å². The van der Waals surface area contributed by atoms with Gasteiger partial charge in [0.15, 0.2) is 9.84 Å². The van der Waals surface area contributed by atoms with Gasteiger partial charge in [0.2, 0.25) is 10.0 Å². The molecule has 0 fully saturated rings. The van der Waals surface area contributed by atoms with E-state index < -0.39 is 37.0 Å². The first kappa shape index (κ1) is 21.8. The third kappa shape index (κ3) is 4.88. The molecule has 12 heteroatoms. The lowest BCUT2D eigenvalue weighted by Crippen LogP contribution is -2.27. The predicted octanol–water partition coefficient (Wildman–Crippen LogP) is 1.68. The van der Waals surface area contributed by atoms with Gasteiger partial charge in [-0.1, -0.05) is 35.3 Å². The van der Waals surface area contributed by atoms with Gasteiger partial charge in [0, 0.05) is 14.1 Å². The summed E-state index contributed by atoms with van der Waals surface area (Å²) in [5.41, 5.74) is -0.0612. The van der Waals surface area contributed by atoms with Crippen LogP contribution in [0.1, 0.15) is 11.1 Å². The molecule has 27 heavy (non-hydrogen) atoms. The number of sulfone groups is 1. The van der Waals surface area contributed by atoms with Crippen LogP contribution >= 0.6 is 23.2 Å². The van der Waals surface area contributed by atoms with Gasteiger partial charge >= 0.3 is 0 Å². The first-order valence-electron chi connectivity index (χ1n) is 7.49. The largest absolute Gasteiger partial charge is 0.288 e. The molecular formula is C15H17Cl2N3O5S2. The fourth-order valence-corrected chi connectivity index (χ4v) is 5.01. The summed E-state index contributed by atoms with van der Waals surface area (Å²) in [4.78, 5) is 12.0. The van der Waals surface area contributed by atoms with Crippen LogP contribution in [0.25, 0.3) is 0 Å². The summed E-state index contributed by atoms with van der Waals surface area (Å²) in [6.45, 7) is 1.62. The molecule has 1 heterocycles. The SMILES string of the molecule is Cc1ccc(CS(=O)(=O)Cn2ncc(Cl)c(Cl)c2=O)cc1S(=O)(=O)N(C)C. The van der Waals surface area contributed by atoms with Crippen molar-refractivity contribution in [3.8, 4) is 0 Å². The van der Waals surface area contributed by atoms with E-state index in [4.69, 9.17) is 23.2 Å². The molecule has 8 nitrogen and oxygen atoms in total. The topological polar surface area (TPSA) is 106 Å². The molecule has 0 saturated heterocycles. The summed E-state index contributed by atoms with van der Waals surface area (Å²) in [6.07, 6.45) is 1.08. The highest BCUT2D eigenvalue weighted by Crippen LogP contribution is 2.21. The number of hydrogen-bond donors (Lipinski definition) is 0. The molecule has 0 unspecified atom stereocenters. The van der Waals surface area contributed by atoms with Crippen molar-refractivity contribution in [2.75, 3.05) is 14.1 Å². The molecule has 0 saturated carbocycles. The van der Waals surface area contributed by atoms with E-state index in [1.165, 1.54) is 32.3 Å². The minimum atomic E-state index is -3.84. The summed E-state index contributed by atoms with van der Waals surface area (Å²) in [5, 5.41) is 3.27. The van der Waals surface area contributed by atoms with E-state index in [9.17, 15) is 21.6 Å². The second-order valence-corrected chi connectivity index (χ2v) is 11.0. The number of halogens is 2. The second-order valence-electron chi connectivity index (χ2n) is 6.02. The standard InChI is InChI=1S/C15H17Cl2N3O5S2/c1-10-4-5-11(6-13(10)27(24,25)19(2)3)8-26(22,23)9-20-15(21)14(17)12(16)7-18-20/h4-7H,8-9H2,1-3H3. The zero-order valence-electron chi connectivity index (χ0n) is 14.7. The van der Waals surface area contributed by atoms with Crippen molar-refractivity contribution in [2.45, 2.75) is 23.4 Å². The molecular weight excluding hydrogens is 437 g/mol. The fraction of sp³-hybridized carbons (Fsp3) is 0.333. The Morgan fingerprint density at radius 1 is 1.15 bits per heavy atom. The molecule has 0 radical (unpaired) electrons. The van der Waals surface area contributed by atoms with Gasteiger partial charge < -0.3 is 0 Å². The molecule has 1 aromatic carbocycles. The van der Waals surface area contributed by atoms with Crippen molar-refractivity contribution in [2.24, 2.45) is 0 Å². The minimum Gasteiger partial charge on any atom is -0.266 e. The van der Waals surface area contributed by atoms with Crippen LogP contribution in [0, 0.1) is 6.92 Å². The molecule has 0 aliphatic rings. The number of aryl methyl sites for hydroxylation is 1. The maximum atomic E-state index is 12.5. The number of benzene rings is 1. The van der Waals surface area contributed by atoms with Crippen LogP contribution in [0.4, 0.5) is 0 Å². The van der Waals surface area contributed by atoms with E-state index in [0.717, 1.165) is 10.5 Å². The van der Waals surface area contributed by atoms with Crippen molar-refractivity contribution in [1.29, 1.82) is 0 Å². The lowest BCUT2D eigenvalue weighted by atomic mass is 10.2. The van der Waals surface area contributed by atoms with Crippen LogP contribution < -0.4 is 5.56 Å². The first-order valence-corrected chi connectivity index (χ1v) is 11.5. The molecule has 0 N–H and O–H groups in total. The highest BCUT2D eigenvalue weighted by atomic mass is 35.5. The third-order valence-electron chi connectivity index (χ3n) is 3.66. The number of hydrogen-bond acceptors (Lipinski definition) is 6. The molecule has 0 aliphatic carbocycles. The maximum Gasteiger partial charge on any atom is 0.288 e. The lowest BCUT2D eigenvalue weighted by molar-refractivity contribution is 0.520. The molecule has 0 atom stereocenters. The predicted molar refractivity (Wildman–Crippen MR) is 103 cm³/mol. The van der Waals surface area contributed by atoms with Gasteiger partial charge in [-0.3, -0.25) is 4.79 Å². The molecule has 148 valence electrons. The molecule has 0 amide bonds. The zero-order valence-corrected chi connectivity index (χ0v) is 17.8. The Balaban J connectivity index is 2.37. The fourth-order valence-electron chi connectivity index (χ4n) is 2.23. The van der Waals surface area contributed by atoms with Gasteiger partial charge in [-0.2, -0.15) is 5.10 Å². The number of aromatic nitrogens is 2. The average molecular weight is 454 g/mol. The quantitative estimate of drug-likeness (QED) is 0.658. The van der Waals surface area contributed by atoms with Gasteiger partial charge in [-0.25, -0.2) is 25.8 Å². The maximum absolute atomic E-state index is 12.5. The Labute approximate surface area is 167 Å². The van der Waals surface area contributed by atoms with Crippen LogP contribution in [0.15, 0.2) is 34.1 Å². The highest BCUT2D eigenvalue weighted by molar-refractivity contribution is 7.89. The number of nitrogens with zero attached hydrogens (tertiary/aromatic N) is 3. The van der Waals surface area contributed by atoms with Gasteiger partial charge in [-0.15, -0.1) is 0 Å². The normalized spacial score (nSPS) is 12.5. The lowest BCUT2D eigenvalue weighted by Gasteiger charge is -2.15. The van der Waals surface area contributed by atoms with Crippen LogP contribution in [0.3, 0.4) is 0 Å². The Bertz CT molecular complexity index is 1140. The van der Waals surface area contributed by atoms with Crippen LogP contribution in [-0.4, -0.2) is 45.0 Å². The summed E-state index contributed by atoms with van der Waals surface area (Å²) in [5.74, 6) is -1.19. The van der Waals surface area contributed by atoms with Gasteiger partial charge in [0.05, 0.1) is 21.9 Å². The number of rotatable bonds is 6. The number of sulfonamides is 1. The Morgan fingerprint density at radius 2 is 1.78 bits per heavy atom. The van der Waals surface area contributed by atoms with Crippen LogP contribution in [0.5, 0.6) is 0 Å². The first-order chi connectivity index (χ1) is 12.3. The molecule has 2 rings (SSSR count). The molecule has 2 aromatic rings. The van der Waals surface area contributed by atoms with Crippen molar-refractivity contribution < 1.29 is 16.8 Å². The second kappa shape index (κ2) is 7.88. The minimum absolute atomic E-state index is 0.0185. The van der Waals surface area contributed by atoms with Crippen molar-refractivity contribution in [1.82, 2.24) is 14.1 Å². The molecule has 0 aliphatic heterocycles. The van der Waals surface area contributed by atoms with E-state index in [-0.39, 0.29) is 20.5 Å². The van der Waals surface area contributed by atoms with E-state index >= 15 is 0 Å². The van der Waals surface area contributed by atoms with E-state index in [1.807, 2.05) is 0 Å². The van der Waals surface area contributed by atoms with Gasteiger partial charge in [0.25, 0.3) is 5.56 Å². The average Bonchev–Trinajstić information content (AvgIpc) is 2.56. The third-order valence-corrected chi connectivity index (χ3v) is 7.78. The molecule has 0 spiro atoms. The van der Waals surface area contributed by atoms with Crippen molar-refractivity contribution >= 4 is 43.1 Å². The Hall–Kier alpha value is -1.46. The van der Waals surface area contributed by atoms with Crippen LogP contribution in [-0.2, 0) is 31.5 Å². The summed E-state index contributed by atoms with van der Waals surface area (Å²) in [7, 11) is -4.79. The monoisotopic (exact) mass is 453 g/mol. The molecule has 1 aromatic heterocycles. The Morgan fingerprint density at radius 3 is 2.37 bits per heavy atom. The Kier molecular flexibility index (Phi) is 6.37. The van der Waals surface area contributed by atoms with E-state index in [2.05, 4.69) is 5.10 Å². The smallest absolute Gasteiger partial charge is 0.266 e. The zero-order chi connectivity index (χ0) is 20.6. The van der Waals surface area contributed by atoms with Gasteiger partial charge in [0.1, 0.15) is 10.9 Å². The van der Waals surface area contributed by atoms with Crippen LogP contribution in [0.2, 0.25) is 10.0 Å². The van der Waals surface area contributed by atoms with E-state index in [0.29, 0.717) is 10.2 Å². The summed E-state index contributed by atoms with van der Waals surface area (Å²) in [6, 6.07) is 4.37. The molecule has 0 bridgehead atoms. The summed E-state index contributed by atoms with van der Waals surface area (Å²) >= 11 is 11.4. The van der Waals surface area contributed by atoms with Crippen molar-refractivity contribution in [3.05, 3.63) is 55.9 Å². The van der Waals surface area contributed by atoms with E-state index in [1.54, 1.807) is 6.92 Å². The summed E-state index contributed by atoms with van der Waals surface area (Å²) < 4.78 is 51.4. The highest BCUT2D eigenvalue weighted by Gasteiger charge is 2.22.